The molecule has 116 valence electrons. The maximum Gasteiger partial charge on any atom is 0.211 e. The SMILES string of the molecule is CS(=O)(=O)N1C[C@@H]2CCC[C@]2(COCc2ccccn2)C1. The summed E-state index contributed by atoms with van der Waals surface area (Å²) in [6.45, 7) is 2.39. The summed E-state index contributed by atoms with van der Waals surface area (Å²) in [7, 11) is -3.09. The van der Waals surface area contributed by atoms with Crippen LogP contribution in [-0.2, 0) is 21.4 Å². The van der Waals surface area contributed by atoms with E-state index >= 15 is 0 Å². The van der Waals surface area contributed by atoms with Gasteiger partial charge in [0.25, 0.3) is 0 Å². The first-order valence-electron chi connectivity index (χ1n) is 7.42. The molecular formula is C15H22N2O3S. The van der Waals surface area contributed by atoms with Crippen LogP contribution in [0.1, 0.15) is 25.0 Å². The van der Waals surface area contributed by atoms with Gasteiger partial charge in [-0.1, -0.05) is 12.5 Å². The van der Waals surface area contributed by atoms with Gasteiger partial charge in [-0.2, -0.15) is 0 Å². The molecule has 3 rings (SSSR count). The summed E-state index contributed by atoms with van der Waals surface area (Å²) in [6.07, 6.45) is 6.41. The summed E-state index contributed by atoms with van der Waals surface area (Å²) in [4.78, 5) is 4.25. The Morgan fingerprint density at radius 1 is 1.48 bits per heavy atom. The molecule has 5 nitrogen and oxygen atoms in total. The second-order valence-electron chi connectivity index (χ2n) is 6.32. The molecule has 21 heavy (non-hydrogen) atoms. The van der Waals surface area contributed by atoms with Crippen LogP contribution in [0.4, 0.5) is 0 Å². The van der Waals surface area contributed by atoms with E-state index < -0.39 is 10.0 Å². The number of sulfonamides is 1. The van der Waals surface area contributed by atoms with Gasteiger partial charge in [0.2, 0.25) is 10.0 Å². The Labute approximate surface area is 126 Å². The lowest BCUT2D eigenvalue weighted by molar-refractivity contribution is 0.0278. The molecule has 1 saturated heterocycles. The topological polar surface area (TPSA) is 59.5 Å². The van der Waals surface area contributed by atoms with Gasteiger partial charge in [-0.3, -0.25) is 4.98 Å². The first kappa shape index (κ1) is 14.9. The minimum Gasteiger partial charge on any atom is -0.375 e. The van der Waals surface area contributed by atoms with Crippen molar-refractivity contribution in [1.82, 2.24) is 9.29 Å². The molecular weight excluding hydrogens is 288 g/mol. The molecule has 0 spiro atoms. The number of fused-ring (bicyclic) bond motifs is 1. The molecule has 1 aromatic rings. The van der Waals surface area contributed by atoms with Gasteiger partial charge in [0, 0.05) is 24.7 Å². The second-order valence-corrected chi connectivity index (χ2v) is 8.30. The van der Waals surface area contributed by atoms with E-state index in [-0.39, 0.29) is 5.41 Å². The van der Waals surface area contributed by atoms with Crippen LogP contribution >= 0.6 is 0 Å². The molecule has 2 fully saturated rings. The molecule has 2 aliphatic rings. The zero-order valence-corrected chi connectivity index (χ0v) is 13.2. The third-order valence-electron chi connectivity index (χ3n) is 4.84. The van der Waals surface area contributed by atoms with E-state index in [4.69, 9.17) is 4.74 Å². The van der Waals surface area contributed by atoms with E-state index in [2.05, 4.69) is 4.98 Å². The van der Waals surface area contributed by atoms with Gasteiger partial charge in [-0.15, -0.1) is 0 Å². The van der Waals surface area contributed by atoms with Gasteiger partial charge >= 0.3 is 0 Å². The minimum atomic E-state index is -3.09. The molecule has 0 N–H and O–H groups in total. The first-order valence-corrected chi connectivity index (χ1v) is 9.27. The largest absolute Gasteiger partial charge is 0.375 e. The van der Waals surface area contributed by atoms with Crippen molar-refractivity contribution < 1.29 is 13.2 Å². The Kier molecular flexibility index (Phi) is 4.03. The Bertz CT molecular complexity index is 590. The van der Waals surface area contributed by atoms with Crippen LogP contribution in [0.15, 0.2) is 24.4 Å². The first-order chi connectivity index (χ1) is 10.00. The van der Waals surface area contributed by atoms with Gasteiger partial charge < -0.3 is 4.74 Å². The maximum atomic E-state index is 11.8. The number of ether oxygens (including phenoxy) is 1. The average molecular weight is 310 g/mol. The van der Waals surface area contributed by atoms with Crippen molar-refractivity contribution in [1.29, 1.82) is 0 Å². The van der Waals surface area contributed by atoms with Crippen LogP contribution in [0.3, 0.4) is 0 Å². The van der Waals surface area contributed by atoms with Crippen LogP contribution in [0.5, 0.6) is 0 Å². The lowest BCUT2D eigenvalue weighted by atomic mass is 9.82. The zero-order chi connectivity index (χ0) is 14.9. The Morgan fingerprint density at radius 3 is 3.05 bits per heavy atom. The fraction of sp³-hybridized carbons (Fsp3) is 0.667. The normalized spacial score (nSPS) is 29.7. The summed E-state index contributed by atoms with van der Waals surface area (Å²) >= 11 is 0. The monoisotopic (exact) mass is 310 g/mol. The number of nitrogens with zero attached hydrogens (tertiary/aromatic N) is 2. The van der Waals surface area contributed by atoms with Crippen LogP contribution < -0.4 is 0 Å². The standard InChI is InChI=1S/C15H22N2O3S/c1-21(18,19)17-9-13-5-4-7-15(13,11-17)12-20-10-14-6-2-3-8-16-14/h2-3,6,8,13H,4-5,7,9-12H2,1H3/t13-,15+/m0/s1. The van der Waals surface area contributed by atoms with Crippen LogP contribution in [0, 0.1) is 11.3 Å². The van der Waals surface area contributed by atoms with Crippen LogP contribution in [0.25, 0.3) is 0 Å². The molecule has 0 radical (unpaired) electrons. The number of rotatable bonds is 5. The third-order valence-corrected chi connectivity index (χ3v) is 6.06. The Balaban J connectivity index is 1.63. The van der Waals surface area contributed by atoms with E-state index in [1.807, 2.05) is 18.2 Å². The molecule has 6 heteroatoms. The van der Waals surface area contributed by atoms with Crippen molar-refractivity contribution >= 4 is 10.0 Å². The molecule has 1 saturated carbocycles. The molecule has 1 aromatic heterocycles. The van der Waals surface area contributed by atoms with Crippen molar-refractivity contribution in [2.75, 3.05) is 26.0 Å². The highest BCUT2D eigenvalue weighted by Gasteiger charge is 2.51. The molecule has 1 aliphatic carbocycles. The van der Waals surface area contributed by atoms with E-state index in [0.29, 0.717) is 32.2 Å². The van der Waals surface area contributed by atoms with Crippen molar-refractivity contribution in [3.05, 3.63) is 30.1 Å². The number of hydrogen-bond acceptors (Lipinski definition) is 4. The lowest BCUT2D eigenvalue weighted by Gasteiger charge is -2.28. The molecule has 0 unspecified atom stereocenters. The van der Waals surface area contributed by atoms with E-state index in [0.717, 1.165) is 18.5 Å². The summed E-state index contributed by atoms with van der Waals surface area (Å²) in [5.74, 6) is 0.441. The summed E-state index contributed by atoms with van der Waals surface area (Å²) in [6, 6.07) is 5.78. The van der Waals surface area contributed by atoms with Gasteiger partial charge in [0.15, 0.2) is 0 Å². The lowest BCUT2D eigenvalue weighted by Crippen LogP contribution is -2.34. The fourth-order valence-corrected chi connectivity index (χ4v) is 4.64. The highest BCUT2D eigenvalue weighted by atomic mass is 32.2. The van der Waals surface area contributed by atoms with Gasteiger partial charge in [-0.25, -0.2) is 12.7 Å². The molecule has 1 aliphatic heterocycles. The number of pyridine rings is 1. The Morgan fingerprint density at radius 2 is 2.33 bits per heavy atom. The van der Waals surface area contributed by atoms with Crippen molar-refractivity contribution in [3.63, 3.8) is 0 Å². The summed E-state index contributed by atoms with van der Waals surface area (Å²) < 4.78 is 31.1. The second kappa shape index (κ2) is 5.66. The minimum absolute atomic E-state index is 0.0118. The molecule has 0 aromatic carbocycles. The van der Waals surface area contributed by atoms with Gasteiger partial charge in [0.05, 0.1) is 25.2 Å². The molecule has 0 bridgehead atoms. The molecule has 2 heterocycles. The van der Waals surface area contributed by atoms with E-state index in [1.54, 1.807) is 10.5 Å². The maximum absolute atomic E-state index is 11.8. The van der Waals surface area contributed by atoms with Crippen molar-refractivity contribution in [2.24, 2.45) is 11.3 Å². The summed E-state index contributed by atoms with van der Waals surface area (Å²) in [5, 5.41) is 0. The fourth-order valence-electron chi connectivity index (χ4n) is 3.70. The van der Waals surface area contributed by atoms with Crippen LogP contribution in [-0.4, -0.2) is 43.7 Å². The number of aromatic nitrogens is 1. The average Bonchev–Trinajstić information content (AvgIpc) is 2.96. The van der Waals surface area contributed by atoms with Gasteiger partial charge in [-0.05, 0) is 30.9 Å². The molecule has 2 atom stereocenters. The van der Waals surface area contributed by atoms with E-state index in [9.17, 15) is 8.42 Å². The third kappa shape index (κ3) is 3.12. The molecule has 0 amide bonds. The quantitative estimate of drug-likeness (QED) is 0.830. The predicted octanol–water partition coefficient (Wildman–Crippen LogP) is 1.66. The van der Waals surface area contributed by atoms with Crippen molar-refractivity contribution in [2.45, 2.75) is 25.9 Å². The number of hydrogen-bond donors (Lipinski definition) is 0. The van der Waals surface area contributed by atoms with Crippen molar-refractivity contribution in [3.8, 4) is 0 Å². The van der Waals surface area contributed by atoms with E-state index in [1.165, 1.54) is 12.7 Å². The summed E-state index contributed by atoms with van der Waals surface area (Å²) in [5.41, 5.74) is 0.930. The Hall–Kier alpha value is -0.980. The van der Waals surface area contributed by atoms with Gasteiger partial charge in [0.1, 0.15) is 0 Å². The smallest absolute Gasteiger partial charge is 0.211 e. The highest BCUT2D eigenvalue weighted by molar-refractivity contribution is 7.88. The highest BCUT2D eigenvalue weighted by Crippen LogP contribution is 2.49. The predicted molar refractivity (Wildman–Crippen MR) is 80.1 cm³/mol. The van der Waals surface area contributed by atoms with Crippen LogP contribution in [0.2, 0.25) is 0 Å². The zero-order valence-electron chi connectivity index (χ0n) is 12.4.